The average Bonchev–Trinajstić information content (AvgIpc) is 2.25. The highest BCUT2D eigenvalue weighted by Crippen LogP contribution is 2.18. The van der Waals surface area contributed by atoms with Crippen LogP contribution in [0.4, 0.5) is 5.69 Å². The summed E-state index contributed by atoms with van der Waals surface area (Å²) >= 11 is 0. The molecule has 1 aromatic carbocycles. The molecule has 3 N–H and O–H groups in total. The molecule has 0 aliphatic heterocycles. The summed E-state index contributed by atoms with van der Waals surface area (Å²) in [6.45, 7) is 0. The highest BCUT2D eigenvalue weighted by molar-refractivity contribution is 5.70. The molecular formula is C11H16N2O2. The van der Waals surface area contributed by atoms with Crippen molar-refractivity contribution in [1.82, 2.24) is 5.32 Å². The van der Waals surface area contributed by atoms with Crippen LogP contribution in [-0.2, 0) is 9.53 Å². The quantitative estimate of drug-likeness (QED) is 0.574. The molecule has 1 atom stereocenters. The van der Waals surface area contributed by atoms with Crippen molar-refractivity contribution >= 4 is 11.7 Å². The van der Waals surface area contributed by atoms with Crippen molar-refractivity contribution in [3.05, 3.63) is 29.8 Å². The van der Waals surface area contributed by atoms with Gasteiger partial charge in [-0.05, 0) is 24.7 Å². The van der Waals surface area contributed by atoms with Crippen LogP contribution in [0, 0.1) is 0 Å². The second kappa shape index (κ2) is 5.36. The van der Waals surface area contributed by atoms with E-state index < -0.39 is 0 Å². The van der Waals surface area contributed by atoms with Gasteiger partial charge in [0.2, 0.25) is 0 Å². The van der Waals surface area contributed by atoms with Gasteiger partial charge in [-0.25, -0.2) is 0 Å². The third kappa shape index (κ3) is 3.25. The first kappa shape index (κ1) is 11.5. The van der Waals surface area contributed by atoms with Crippen molar-refractivity contribution in [2.75, 3.05) is 19.9 Å². The zero-order valence-corrected chi connectivity index (χ0v) is 8.99. The number of carbonyl (C=O) groups is 1. The summed E-state index contributed by atoms with van der Waals surface area (Å²) in [5.74, 6) is -0.239. The highest BCUT2D eigenvalue weighted by atomic mass is 16.5. The van der Waals surface area contributed by atoms with E-state index in [-0.39, 0.29) is 12.0 Å². The number of anilines is 1. The summed E-state index contributed by atoms with van der Waals surface area (Å²) in [6, 6.07) is 7.41. The number of carbonyl (C=O) groups excluding carboxylic acids is 1. The van der Waals surface area contributed by atoms with Gasteiger partial charge in [0.1, 0.15) is 0 Å². The molecule has 15 heavy (non-hydrogen) atoms. The van der Waals surface area contributed by atoms with Crippen LogP contribution in [0.1, 0.15) is 18.0 Å². The molecule has 0 aliphatic carbocycles. The molecule has 0 bridgehead atoms. The molecule has 82 valence electrons. The minimum atomic E-state index is -0.239. The predicted octanol–water partition coefficient (Wildman–Crippen LogP) is 1.09. The lowest BCUT2D eigenvalue weighted by Crippen LogP contribution is -2.20. The molecular weight excluding hydrogens is 192 g/mol. The molecule has 0 amide bonds. The minimum absolute atomic E-state index is 0.0547. The number of nitrogen functional groups attached to an aromatic ring is 1. The van der Waals surface area contributed by atoms with Crippen LogP contribution in [0.25, 0.3) is 0 Å². The van der Waals surface area contributed by atoms with E-state index in [4.69, 9.17) is 5.73 Å². The molecule has 0 saturated heterocycles. The van der Waals surface area contributed by atoms with Crippen LogP contribution in [0.3, 0.4) is 0 Å². The fourth-order valence-electron chi connectivity index (χ4n) is 1.41. The standard InChI is InChI=1S/C11H16N2O2/c1-13-10(7-11(14)15-2)8-4-3-5-9(12)6-8/h3-6,10,13H,7,12H2,1-2H3. The Balaban J connectivity index is 2.78. The molecule has 0 aliphatic rings. The monoisotopic (exact) mass is 208 g/mol. The van der Waals surface area contributed by atoms with Gasteiger partial charge in [0.15, 0.2) is 0 Å². The van der Waals surface area contributed by atoms with Gasteiger partial charge in [0.25, 0.3) is 0 Å². The van der Waals surface area contributed by atoms with Gasteiger partial charge >= 0.3 is 5.97 Å². The molecule has 1 rings (SSSR count). The Labute approximate surface area is 89.4 Å². The maximum Gasteiger partial charge on any atom is 0.307 e. The van der Waals surface area contributed by atoms with Crippen LogP contribution >= 0.6 is 0 Å². The number of benzene rings is 1. The van der Waals surface area contributed by atoms with Crippen molar-refractivity contribution < 1.29 is 9.53 Å². The fraction of sp³-hybridized carbons (Fsp3) is 0.364. The molecule has 0 aromatic heterocycles. The number of nitrogens with one attached hydrogen (secondary N) is 1. The van der Waals surface area contributed by atoms with Gasteiger partial charge in [-0.3, -0.25) is 4.79 Å². The van der Waals surface area contributed by atoms with Crippen LogP contribution < -0.4 is 11.1 Å². The van der Waals surface area contributed by atoms with Gasteiger partial charge in [-0.1, -0.05) is 12.1 Å². The number of ether oxygens (including phenoxy) is 1. The topological polar surface area (TPSA) is 64.3 Å². The first-order chi connectivity index (χ1) is 7.17. The first-order valence-electron chi connectivity index (χ1n) is 4.77. The molecule has 4 heteroatoms. The third-order valence-electron chi connectivity index (χ3n) is 2.26. The Morgan fingerprint density at radius 1 is 1.60 bits per heavy atom. The van der Waals surface area contributed by atoms with E-state index in [1.165, 1.54) is 7.11 Å². The van der Waals surface area contributed by atoms with Crippen molar-refractivity contribution in [2.45, 2.75) is 12.5 Å². The summed E-state index contributed by atoms with van der Waals surface area (Å²) in [5, 5.41) is 3.05. The van der Waals surface area contributed by atoms with E-state index >= 15 is 0 Å². The van der Waals surface area contributed by atoms with Crippen LogP contribution in [0.5, 0.6) is 0 Å². The molecule has 0 radical (unpaired) electrons. The van der Waals surface area contributed by atoms with Crippen molar-refractivity contribution in [3.63, 3.8) is 0 Å². The summed E-state index contributed by atoms with van der Waals surface area (Å²) in [7, 11) is 3.19. The Morgan fingerprint density at radius 2 is 2.33 bits per heavy atom. The highest BCUT2D eigenvalue weighted by Gasteiger charge is 2.14. The SMILES string of the molecule is CNC(CC(=O)OC)c1cccc(N)c1. The van der Waals surface area contributed by atoms with Gasteiger partial charge < -0.3 is 15.8 Å². The molecule has 0 heterocycles. The number of hydrogen-bond acceptors (Lipinski definition) is 4. The lowest BCUT2D eigenvalue weighted by molar-refractivity contribution is -0.141. The number of nitrogens with two attached hydrogens (primary N) is 1. The Hall–Kier alpha value is -1.55. The summed E-state index contributed by atoms with van der Waals surface area (Å²) in [4.78, 5) is 11.1. The largest absolute Gasteiger partial charge is 0.469 e. The third-order valence-corrected chi connectivity index (χ3v) is 2.26. The van der Waals surface area contributed by atoms with Crippen LogP contribution in [-0.4, -0.2) is 20.1 Å². The van der Waals surface area contributed by atoms with E-state index in [1.807, 2.05) is 24.3 Å². The van der Waals surface area contributed by atoms with Gasteiger partial charge in [-0.15, -0.1) is 0 Å². The summed E-state index contributed by atoms with van der Waals surface area (Å²) in [5.41, 5.74) is 7.35. The Morgan fingerprint density at radius 3 is 2.87 bits per heavy atom. The number of rotatable bonds is 4. The second-order valence-corrected chi connectivity index (χ2v) is 3.29. The summed E-state index contributed by atoms with van der Waals surface area (Å²) in [6.07, 6.45) is 0.302. The summed E-state index contributed by atoms with van der Waals surface area (Å²) < 4.78 is 4.62. The Bertz CT molecular complexity index is 339. The molecule has 0 fully saturated rings. The number of esters is 1. The second-order valence-electron chi connectivity index (χ2n) is 3.29. The molecule has 0 spiro atoms. The van der Waals surface area contributed by atoms with Crippen molar-refractivity contribution in [3.8, 4) is 0 Å². The Kier molecular flexibility index (Phi) is 4.12. The smallest absolute Gasteiger partial charge is 0.307 e. The fourth-order valence-corrected chi connectivity index (χ4v) is 1.41. The van der Waals surface area contributed by atoms with Gasteiger partial charge in [-0.2, -0.15) is 0 Å². The predicted molar refractivity (Wildman–Crippen MR) is 59.3 cm³/mol. The van der Waals surface area contributed by atoms with Crippen LogP contribution in [0.15, 0.2) is 24.3 Å². The molecule has 4 nitrogen and oxygen atoms in total. The molecule has 1 unspecified atom stereocenters. The normalized spacial score (nSPS) is 12.1. The van der Waals surface area contributed by atoms with E-state index in [0.717, 1.165) is 5.56 Å². The van der Waals surface area contributed by atoms with E-state index in [0.29, 0.717) is 12.1 Å². The lowest BCUT2D eigenvalue weighted by Gasteiger charge is -2.15. The average molecular weight is 208 g/mol. The van der Waals surface area contributed by atoms with Crippen LogP contribution in [0.2, 0.25) is 0 Å². The number of hydrogen-bond donors (Lipinski definition) is 2. The van der Waals surface area contributed by atoms with Crippen molar-refractivity contribution in [2.24, 2.45) is 0 Å². The van der Waals surface area contributed by atoms with E-state index in [2.05, 4.69) is 10.1 Å². The number of methoxy groups -OCH3 is 1. The minimum Gasteiger partial charge on any atom is -0.469 e. The van der Waals surface area contributed by atoms with E-state index in [9.17, 15) is 4.79 Å². The molecule has 0 saturated carbocycles. The van der Waals surface area contributed by atoms with Crippen molar-refractivity contribution in [1.29, 1.82) is 0 Å². The maximum absolute atomic E-state index is 11.1. The lowest BCUT2D eigenvalue weighted by atomic mass is 10.0. The maximum atomic E-state index is 11.1. The molecule has 1 aromatic rings. The zero-order valence-electron chi connectivity index (χ0n) is 8.99. The zero-order chi connectivity index (χ0) is 11.3. The van der Waals surface area contributed by atoms with Gasteiger partial charge in [0.05, 0.1) is 13.5 Å². The van der Waals surface area contributed by atoms with Gasteiger partial charge in [0, 0.05) is 11.7 Å². The van der Waals surface area contributed by atoms with E-state index in [1.54, 1.807) is 7.05 Å². The first-order valence-corrected chi connectivity index (χ1v) is 4.77.